The van der Waals surface area contributed by atoms with Gasteiger partial charge in [-0.05, 0) is 50.5 Å². The summed E-state index contributed by atoms with van der Waals surface area (Å²) in [4.78, 5) is 0. The van der Waals surface area contributed by atoms with Crippen molar-refractivity contribution < 1.29 is 4.74 Å². The van der Waals surface area contributed by atoms with Crippen molar-refractivity contribution in [3.8, 4) is 0 Å². The Hall–Kier alpha value is -0.0800. The summed E-state index contributed by atoms with van der Waals surface area (Å²) in [6.45, 7) is 2.27. The second kappa shape index (κ2) is 5.71. The van der Waals surface area contributed by atoms with E-state index >= 15 is 0 Å². The molecule has 0 amide bonds. The van der Waals surface area contributed by atoms with Crippen LogP contribution in [-0.2, 0) is 4.74 Å². The maximum atomic E-state index is 5.84. The Morgan fingerprint density at radius 2 is 1.82 bits per heavy atom. The van der Waals surface area contributed by atoms with Crippen molar-refractivity contribution in [2.24, 2.45) is 11.8 Å². The Kier molecular flexibility index (Phi) is 4.02. The van der Waals surface area contributed by atoms with Crippen molar-refractivity contribution in [3.05, 3.63) is 0 Å². The molecule has 0 aromatic heterocycles. The van der Waals surface area contributed by atoms with E-state index in [1.165, 1.54) is 64.3 Å². The molecule has 2 atom stereocenters. The Balaban J connectivity index is 1.49. The van der Waals surface area contributed by atoms with Gasteiger partial charge in [-0.15, -0.1) is 0 Å². The summed E-state index contributed by atoms with van der Waals surface area (Å²) in [6, 6.07) is 0.864. The molecule has 17 heavy (non-hydrogen) atoms. The van der Waals surface area contributed by atoms with Gasteiger partial charge in [-0.3, -0.25) is 0 Å². The summed E-state index contributed by atoms with van der Waals surface area (Å²) >= 11 is 0. The van der Waals surface area contributed by atoms with E-state index < -0.39 is 0 Å². The molecule has 1 heterocycles. The molecule has 2 saturated carbocycles. The zero-order valence-electron chi connectivity index (χ0n) is 11.0. The fraction of sp³-hybridized carbons (Fsp3) is 1.00. The highest BCUT2D eigenvalue weighted by molar-refractivity contribution is 4.86. The summed E-state index contributed by atoms with van der Waals surface area (Å²) in [5.74, 6) is 1.88. The lowest BCUT2D eigenvalue weighted by molar-refractivity contribution is 0.0789. The lowest BCUT2D eigenvalue weighted by Crippen LogP contribution is -2.31. The molecule has 2 heteroatoms. The first-order chi connectivity index (χ1) is 8.42. The maximum absolute atomic E-state index is 5.84. The Morgan fingerprint density at radius 1 is 1.00 bits per heavy atom. The minimum absolute atomic E-state index is 0.585. The van der Waals surface area contributed by atoms with Crippen LogP contribution >= 0.6 is 0 Å². The van der Waals surface area contributed by atoms with Gasteiger partial charge in [0, 0.05) is 12.6 Å². The van der Waals surface area contributed by atoms with Gasteiger partial charge < -0.3 is 10.1 Å². The van der Waals surface area contributed by atoms with E-state index in [9.17, 15) is 0 Å². The van der Waals surface area contributed by atoms with Crippen LogP contribution in [0.4, 0.5) is 0 Å². The maximum Gasteiger partial charge on any atom is 0.0579 e. The summed E-state index contributed by atoms with van der Waals surface area (Å²) in [6.07, 6.45) is 13.2. The van der Waals surface area contributed by atoms with Crippen molar-refractivity contribution in [1.29, 1.82) is 0 Å². The van der Waals surface area contributed by atoms with E-state index in [-0.39, 0.29) is 0 Å². The molecule has 1 N–H and O–H groups in total. The van der Waals surface area contributed by atoms with E-state index in [1.807, 2.05) is 0 Å². The molecule has 0 spiro atoms. The molecule has 3 fully saturated rings. The van der Waals surface area contributed by atoms with Gasteiger partial charge in [0.25, 0.3) is 0 Å². The zero-order valence-corrected chi connectivity index (χ0v) is 11.0. The molecule has 1 aliphatic heterocycles. The third kappa shape index (κ3) is 3.45. The third-order valence-corrected chi connectivity index (χ3v) is 4.90. The number of ether oxygens (including phenoxy) is 1. The standard InChI is InChI=1S/C15H27NO/c1-2-5-12(4-1)13(11-16-14-7-8-14)10-15-6-3-9-17-15/h12-16H,1-11H2. The van der Waals surface area contributed by atoms with Crippen molar-refractivity contribution in [2.45, 2.75) is 69.9 Å². The monoisotopic (exact) mass is 237 g/mol. The molecule has 2 aliphatic carbocycles. The van der Waals surface area contributed by atoms with Crippen molar-refractivity contribution in [1.82, 2.24) is 5.32 Å². The highest BCUT2D eigenvalue weighted by atomic mass is 16.5. The van der Waals surface area contributed by atoms with Gasteiger partial charge in [0.1, 0.15) is 0 Å². The smallest absolute Gasteiger partial charge is 0.0579 e. The van der Waals surface area contributed by atoms with Crippen LogP contribution in [0.25, 0.3) is 0 Å². The topological polar surface area (TPSA) is 21.3 Å². The van der Waals surface area contributed by atoms with Gasteiger partial charge in [-0.2, -0.15) is 0 Å². The minimum atomic E-state index is 0.585. The summed E-state index contributed by atoms with van der Waals surface area (Å²) in [5, 5.41) is 3.75. The van der Waals surface area contributed by atoms with Crippen LogP contribution in [0.2, 0.25) is 0 Å². The first kappa shape index (κ1) is 12.0. The van der Waals surface area contributed by atoms with Crippen LogP contribution in [0, 0.1) is 11.8 Å². The molecule has 98 valence electrons. The van der Waals surface area contributed by atoms with Crippen LogP contribution in [0.15, 0.2) is 0 Å². The van der Waals surface area contributed by atoms with Crippen molar-refractivity contribution >= 4 is 0 Å². The zero-order chi connectivity index (χ0) is 11.5. The molecule has 3 rings (SSSR count). The first-order valence-corrected chi connectivity index (χ1v) is 7.77. The normalized spacial score (nSPS) is 32.1. The van der Waals surface area contributed by atoms with Crippen molar-refractivity contribution in [2.75, 3.05) is 13.2 Å². The van der Waals surface area contributed by atoms with Crippen LogP contribution in [0.5, 0.6) is 0 Å². The van der Waals surface area contributed by atoms with E-state index in [2.05, 4.69) is 5.32 Å². The highest BCUT2D eigenvalue weighted by Gasteiger charge is 2.30. The molecule has 0 bridgehead atoms. The van der Waals surface area contributed by atoms with Crippen LogP contribution in [0.3, 0.4) is 0 Å². The quantitative estimate of drug-likeness (QED) is 0.766. The minimum Gasteiger partial charge on any atom is -0.378 e. The van der Waals surface area contributed by atoms with Crippen LogP contribution in [0.1, 0.15) is 57.8 Å². The predicted octanol–water partition coefficient (Wildman–Crippen LogP) is 3.11. The molecule has 2 nitrogen and oxygen atoms in total. The van der Waals surface area contributed by atoms with E-state index in [4.69, 9.17) is 4.74 Å². The van der Waals surface area contributed by atoms with Crippen LogP contribution in [-0.4, -0.2) is 25.3 Å². The predicted molar refractivity (Wildman–Crippen MR) is 70.1 cm³/mol. The number of hydrogen-bond acceptors (Lipinski definition) is 2. The molecule has 1 saturated heterocycles. The second-order valence-electron chi connectivity index (χ2n) is 6.36. The van der Waals surface area contributed by atoms with Gasteiger partial charge in [-0.25, -0.2) is 0 Å². The molecular formula is C15H27NO. The third-order valence-electron chi connectivity index (χ3n) is 4.90. The molecule has 0 aromatic rings. The van der Waals surface area contributed by atoms with E-state index in [0.29, 0.717) is 6.10 Å². The fourth-order valence-corrected chi connectivity index (χ4v) is 3.64. The summed E-state index contributed by atoms with van der Waals surface area (Å²) in [7, 11) is 0. The van der Waals surface area contributed by atoms with E-state index in [0.717, 1.165) is 24.5 Å². The summed E-state index contributed by atoms with van der Waals surface area (Å²) < 4.78 is 5.84. The lowest BCUT2D eigenvalue weighted by atomic mass is 9.85. The van der Waals surface area contributed by atoms with Gasteiger partial charge in [0.05, 0.1) is 6.10 Å². The fourth-order valence-electron chi connectivity index (χ4n) is 3.64. The van der Waals surface area contributed by atoms with Gasteiger partial charge in [0.15, 0.2) is 0 Å². The van der Waals surface area contributed by atoms with Gasteiger partial charge >= 0.3 is 0 Å². The van der Waals surface area contributed by atoms with E-state index in [1.54, 1.807) is 0 Å². The molecule has 3 aliphatic rings. The molecule has 2 unspecified atom stereocenters. The average Bonchev–Trinajstić information content (AvgIpc) is 2.85. The van der Waals surface area contributed by atoms with Crippen LogP contribution < -0.4 is 5.32 Å². The number of nitrogens with one attached hydrogen (secondary N) is 1. The molecular weight excluding hydrogens is 210 g/mol. The number of hydrogen-bond donors (Lipinski definition) is 1. The number of rotatable bonds is 6. The largest absolute Gasteiger partial charge is 0.378 e. The average molecular weight is 237 g/mol. The first-order valence-electron chi connectivity index (χ1n) is 7.77. The Morgan fingerprint density at radius 3 is 2.47 bits per heavy atom. The lowest BCUT2D eigenvalue weighted by Gasteiger charge is -2.26. The van der Waals surface area contributed by atoms with Gasteiger partial charge in [-0.1, -0.05) is 25.7 Å². The highest BCUT2D eigenvalue weighted by Crippen LogP contribution is 2.35. The van der Waals surface area contributed by atoms with Crippen molar-refractivity contribution in [3.63, 3.8) is 0 Å². The SMILES string of the molecule is C1COC(CC(CNC2CC2)C2CCCC2)C1. The molecule has 0 aromatic carbocycles. The Bertz CT molecular complexity index is 227. The Labute approximate surface area is 105 Å². The molecule has 0 radical (unpaired) electrons. The second-order valence-corrected chi connectivity index (χ2v) is 6.36. The van der Waals surface area contributed by atoms with Gasteiger partial charge in [0.2, 0.25) is 0 Å². The summed E-state index contributed by atoms with van der Waals surface area (Å²) in [5.41, 5.74) is 0.